The van der Waals surface area contributed by atoms with Crippen LogP contribution in [-0.4, -0.2) is 78.8 Å². The lowest BCUT2D eigenvalue weighted by Crippen LogP contribution is -2.65. The number of carbonyl (C=O) groups is 2. The Morgan fingerprint density at radius 3 is 2.38 bits per heavy atom. The number of likely N-dealkylation sites (tertiary alicyclic amines) is 1. The first-order valence-electron chi connectivity index (χ1n) is 14.2. The van der Waals surface area contributed by atoms with E-state index >= 15 is 0 Å². The van der Waals surface area contributed by atoms with E-state index in [2.05, 4.69) is 10.3 Å². The van der Waals surface area contributed by atoms with Crippen molar-refractivity contribution in [1.29, 1.82) is 0 Å². The first kappa shape index (κ1) is 31.0. The summed E-state index contributed by atoms with van der Waals surface area (Å²) in [5.41, 5.74) is -0.146. The van der Waals surface area contributed by atoms with Gasteiger partial charge in [-0.05, 0) is 42.0 Å². The summed E-state index contributed by atoms with van der Waals surface area (Å²) < 4.78 is 22.2. The number of rotatable bonds is 9. The molecule has 1 fully saturated rings. The summed E-state index contributed by atoms with van der Waals surface area (Å²) >= 11 is 0. The van der Waals surface area contributed by atoms with Crippen LogP contribution in [0, 0.1) is 23.1 Å². The Kier molecular flexibility index (Phi) is 9.50. The molecule has 1 aromatic heterocycles. The molecule has 3 atom stereocenters. The van der Waals surface area contributed by atoms with Crippen molar-refractivity contribution in [2.45, 2.75) is 59.7 Å². The lowest BCUT2D eigenvalue weighted by molar-refractivity contribution is -0.0319. The zero-order valence-corrected chi connectivity index (χ0v) is 24.8. The minimum absolute atomic E-state index is 0.00418. The number of hydrogen-bond acceptors (Lipinski definition) is 6. The molecule has 4 rings (SSSR count). The molecule has 0 radical (unpaired) electrons. The Bertz CT molecular complexity index is 1370. The molecule has 0 bridgehead atoms. The first-order valence-corrected chi connectivity index (χ1v) is 14.2. The smallest absolute Gasteiger partial charge is 0.407 e. The predicted molar refractivity (Wildman–Crippen MR) is 155 cm³/mol. The summed E-state index contributed by atoms with van der Waals surface area (Å²) in [7, 11) is 0. The van der Waals surface area contributed by atoms with Gasteiger partial charge < -0.3 is 24.7 Å². The molecule has 2 aromatic carbocycles. The fourth-order valence-electron chi connectivity index (χ4n) is 5.80. The molecule has 0 spiro atoms. The molecule has 1 aliphatic heterocycles. The first-order chi connectivity index (χ1) is 19.9. The average molecular weight is 582 g/mol. The summed E-state index contributed by atoms with van der Waals surface area (Å²) in [6, 6.07) is 14.0. The van der Waals surface area contributed by atoms with Crippen LogP contribution in [0.25, 0.3) is 5.69 Å². The topological polar surface area (TPSA) is 121 Å². The standard InChI is InChI=1S/C31H40FN5O5/c1-20(2)16-35(25-15-21(18-38)17-36(30(40)41)28(25)31(3,4)5)29(39)27-26(19-42-22-11-7-6-8-12-22)37(34-33-27)24-14-10-9-13-23(24)32/h6-14,20-21,25,28,38H,15-19H2,1-5H3,(H,40,41)/t21-,25+,28?/m1/s1. The van der Waals surface area contributed by atoms with Crippen molar-refractivity contribution >= 4 is 12.0 Å². The van der Waals surface area contributed by atoms with Gasteiger partial charge in [-0.25, -0.2) is 13.9 Å². The second kappa shape index (κ2) is 12.9. The molecule has 42 heavy (non-hydrogen) atoms. The van der Waals surface area contributed by atoms with Crippen molar-refractivity contribution in [3.05, 3.63) is 71.8 Å². The van der Waals surface area contributed by atoms with Crippen molar-refractivity contribution in [2.75, 3.05) is 19.7 Å². The van der Waals surface area contributed by atoms with Crippen LogP contribution in [0.3, 0.4) is 0 Å². The molecule has 2 amide bonds. The van der Waals surface area contributed by atoms with Crippen LogP contribution in [0.4, 0.5) is 9.18 Å². The molecule has 0 aliphatic carbocycles. The quantitative estimate of drug-likeness (QED) is 0.370. The van der Waals surface area contributed by atoms with Crippen LogP contribution in [0.15, 0.2) is 54.6 Å². The normalized spacial score (nSPS) is 19.1. The number of aromatic nitrogens is 3. The van der Waals surface area contributed by atoms with Gasteiger partial charge in [-0.15, -0.1) is 5.10 Å². The number of aliphatic hydroxyl groups is 1. The summed E-state index contributed by atoms with van der Waals surface area (Å²) in [5, 5.41) is 28.7. The minimum Gasteiger partial charge on any atom is -0.487 e. The van der Waals surface area contributed by atoms with Gasteiger partial charge in [-0.1, -0.05) is 70.2 Å². The third-order valence-corrected chi connectivity index (χ3v) is 7.51. The van der Waals surface area contributed by atoms with Crippen LogP contribution >= 0.6 is 0 Å². The lowest BCUT2D eigenvalue weighted by Gasteiger charge is -2.52. The largest absolute Gasteiger partial charge is 0.487 e. The number of para-hydroxylation sites is 2. The van der Waals surface area contributed by atoms with Gasteiger partial charge in [0.1, 0.15) is 29.6 Å². The molecule has 2 N–H and O–H groups in total. The number of carboxylic acid groups (broad SMARTS) is 1. The molecule has 2 heterocycles. The molecule has 11 heteroatoms. The van der Waals surface area contributed by atoms with E-state index in [1.54, 1.807) is 35.2 Å². The summed E-state index contributed by atoms with van der Waals surface area (Å²) in [5.74, 6) is -0.750. The lowest BCUT2D eigenvalue weighted by atomic mass is 9.74. The van der Waals surface area contributed by atoms with E-state index in [1.165, 1.54) is 15.6 Å². The highest BCUT2D eigenvalue weighted by Gasteiger charge is 2.48. The number of carbonyl (C=O) groups excluding carboxylic acids is 1. The molecule has 0 saturated carbocycles. The van der Waals surface area contributed by atoms with Gasteiger partial charge in [-0.2, -0.15) is 0 Å². The third kappa shape index (κ3) is 6.73. The van der Waals surface area contributed by atoms with E-state index < -0.39 is 35.3 Å². The maximum absolute atomic E-state index is 14.9. The Morgan fingerprint density at radius 2 is 1.79 bits per heavy atom. The maximum Gasteiger partial charge on any atom is 0.407 e. The number of benzene rings is 2. The van der Waals surface area contributed by atoms with Crippen molar-refractivity contribution in [1.82, 2.24) is 24.8 Å². The maximum atomic E-state index is 14.9. The highest BCUT2D eigenvalue weighted by atomic mass is 19.1. The molecule has 1 unspecified atom stereocenters. The zero-order chi connectivity index (χ0) is 30.6. The van der Waals surface area contributed by atoms with Gasteiger partial charge in [0.15, 0.2) is 5.69 Å². The highest BCUT2D eigenvalue weighted by molar-refractivity contribution is 5.94. The van der Waals surface area contributed by atoms with Crippen molar-refractivity contribution < 1.29 is 28.9 Å². The Hall–Kier alpha value is -3.99. The molecule has 10 nitrogen and oxygen atoms in total. The van der Waals surface area contributed by atoms with E-state index in [4.69, 9.17) is 4.74 Å². The SMILES string of the molecule is CC(C)CN(C(=O)c1nnn(-c2ccccc2F)c1COc1ccccc1)[C@H]1C[C@@H](CO)CN(C(=O)O)C1C(C)(C)C. The van der Waals surface area contributed by atoms with Crippen molar-refractivity contribution in [3.63, 3.8) is 0 Å². The van der Waals surface area contributed by atoms with Gasteiger partial charge in [0.25, 0.3) is 5.91 Å². The van der Waals surface area contributed by atoms with Gasteiger partial charge in [0.2, 0.25) is 0 Å². The number of aliphatic hydroxyl groups excluding tert-OH is 1. The average Bonchev–Trinajstić information content (AvgIpc) is 3.37. The Morgan fingerprint density at radius 1 is 1.12 bits per heavy atom. The minimum atomic E-state index is -1.10. The van der Waals surface area contributed by atoms with E-state index in [0.717, 1.165) is 0 Å². The van der Waals surface area contributed by atoms with Crippen LogP contribution in [0.1, 0.15) is 57.2 Å². The van der Waals surface area contributed by atoms with Gasteiger partial charge >= 0.3 is 6.09 Å². The van der Waals surface area contributed by atoms with Crippen molar-refractivity contribution in [2.24, 2.45) is 17.3 Å². The van der Waals surface area contributed by atoms with Crippen LogP contribution in [-0.2, 0) is 6.61 Å². The van der Waals surface area contributed by atoms with E-state index in [9.17, 15) is 24.2 Å². The summed E-state index contributed by atoms with van der Waals surface area (Å²) in [6.07, 6.45) is -0.685. The van der Waals surface area contributed by atoms with Gasteiger partial charge in [0.05, 0.1) is 12.1 Å². The fourth-order valence-corrected chi connectivity index (χ4v) is 5.80. The number of ether oxygens (including phenoxy) is 1. The van der Waals surface area contributed by atoms with Crippen molar-refractivity contribution in [3.8, 4) is 11.4 Å². The molecule has 1 aliphatic rings. The Balaban J connectivity index is 1.82. The zero-order valence-electron chi connectivity index (χ0n) is 24.8. The van der Waals surface area contributed by atoms with Gasteiger partial charge in [-0.3, -0.25) is 4.79 Å². The molecule has 226 valence electrons. The molecule has 1 saturated heterocycles. The number of hydrogen-bond donors (Lipinski definition) is 2. The van der Waals surface area contributed by atoms with E-state index in [-0.39, 0.29) is 48.7 Å². The van der Waals surface area contributed by atoms with Gasteiger partial charge in [0, 0.05) is 25.6 Å². The van der Waals surface area contributed by atoms with Crippen LogP contribution in [0.2, 0.25) is 0 Å². The fraction of sp³-hybridized carbons (Fsp3) is 0.484. The van der Waals surface area contributed by atoms with E-state index in [1.807, 2.05) is 52.8 Å². The predicted octanol–water partition coefficient (Wildman–Crippen LogP) is 4.86. The molecule has 3 aromatic rings. The summed E-state index contributed by atoms with van der Waals surface area (Å²) in [6.45, 7) is 9.96. The Labute approximate surface area is 245 Å². The number of piperidine rings is 1. The third-order valence-electron chi connectivity index (χ3n) is 7.51. The monoisotopic (exact) mass is 581 g/mol. The van der Waals surface area contributed by atoms with Crippen LogP contribution < -0.4 is 4.74 Å². The second-order valence-corrected chi connectivity index (χ2v) is 12.3. The molecular formula is C31H40FN5O5. The molecular weight excluding hydrogens is 541 g/mol. The second-order valence-electron chi connectivity index (χ2n) is 12.3. The summed E-state index contributed by atoms with van der Waals surface area (Å²) in [4.78, 5) is 30.0. The number of nitrogens with zero attached hydrogens (tertiary/aromatic N) is 5. The van der Waals surface area contributed by atoms with E-state index in [0.29, 0.717) is 18.7 Å². The number of amides is 2. The number of halogens is 1. The highest BCUT2D eigenvalue weighted by Crippen LogP contribution is 2.38. The van der Waals surface area contributed by atoms with Crippen LogP contribution in [0.5, 0.6) is 5.75 Å².